The number of benzene rings is 1. The summed E-state index contributed by atoms with van der Waals surface area (Å²) in [6.07, 6.45) is 0. The Kier molecular flexibility index (Phi) is 6.48. The molecule has 0 radical (unpaired) electrons. The predicted molar refractivity (Wildman–Crippen MR) is 48.6 cm³/mol. The van der Waals surface area contributed by atoms with Crippen LogP contribution in [-0.4, -0.2) is 0 Å². The van der Waals surface area contributed by atoms with E-state index in [0.29, 0.717) is 0 Å². The molecule has 0 aliphatic carbocycles. The molecule has 0 N–H and O–H groups in total. The molecule has 0 saturated carbocycles. The van der Waals surface area contributed by atoms with Crippen LogP contribution >= 0.6 is 11.3 Å². The molecular formula is C10H7BrSZn. The molecule has 2 rings (SSSR count). The first kappa shape index (κ1) is 13.0. The van der Waals surface area contributed by atoms with Crippen LogP contribution in [0.25, 0.3) is 10.4 Å². The summed E-state index contributed by atoms with van der Waals surface area (Å²) in [5, 5.41) is 3.07. The molecule has 0 atom stereocenters. The molecule has 1 aromatic heterocycles. The quantitative estimate of drug-likeness (QED) is 0.522. The fourth-order valence-electron chi connectivity index (χ4n) is 0.999. The first-order chi connectivity index (χ1) is 5.47. The Balaban J connectivity index is 0.000000720. The first-order valence-corrected chi connectivity index (χ1v) is 4.30. The van der Waals surface area contributed by atoms with Gasteiger partial charge >= 0.3 is 19.5 Å². The van der Waals surface area contributed by atoms with Crippen molar-refractivity contribution in [3.05, 3.63) is 47.8 Å². The zero-order chi connectivity index (χ0) is 7.52. The van der Waals surface area contributed by atoms with Gasteiger partial charge in [-0.2, -0.15) is 12.1 Å². The largest absolute Gasteiger partial charge is 2.00 e. The smallest absolute Gasteiger partial charge is 1.00 e. The molecule has 0 nitrogen and oxygen atoms in total. The summed E-state index contributed by atoms with van der Waals surface area (Å²) in [5.74, 6) is 0. The van der Waals surface area contributed by atoms with E-state index < -0.39 is 0 Å². The Morgan fingerprint density at radius 1 is 1.00 bits per heavy atom. The van der Waals surface area contributed by atoms with Gasteiger partial charge in [0.1, 0.15) is 0 Å². The summed E-state index contributed by atoms with van der Waals surface area (Å²) in [5.41, 5.74) is 1.28. The third-order valence-corrected chi connectivity index (χ3v) is 2.38. The van der Waals surface area contributed by atoms with Gasteiger partial charge < -0.3 is 17.0 Å². The van der Waals surface area contributed by atoms with Crippen molar-refractivity contribution in [1.29, 1.82) is 0 Å². The van der Waals surface area contributed by atoms with Gasteiger partial charge in [0.05, 0.1) is 0 Å². The van der Waals surface area contributed by atoms with Gasteiger partial charge in [-0.05, 0) is 0 Å². The van der Waals surface area contributed by atoms with Gasteiger partial charge in [0, 0.05) is 0 Å². The molecule has 1 heterocycles. The summed E-state index contributed by atoms with van der Waals surface area (Å²) in [4.78, 5) is 1.28. The Morgan fingerprint density at radius 3 is 2.23 bits per heavy atom. The molecule has 0 amide bonds. The minimum absolute atomic E-state index is 0. The normalized spacial score (nSPS) is 8.31. The standard InChI is InChI=1S/C10H7S.BrH.Zn/c1-2-5-9(6-3-1)10-7-4-8-11-10;;/h1-7H;1H;/q-1;;+2/p-1. The monoisotopic (exact) mass is 302 g/mol. The minimum Gasteiger partial charge on any atom is -1.00 e. The molecule has 3 heteroatoms. The molecule has 0 spiro atoms. The molecule has 0 fully saturated rings. The number of thiophene rings is 1. The first-order valence-electron chi connectivity index (χ1n) is 3.48. The SMILES string of the molecule is [Br-].[Zn+2].[c-]1ccc(-c2ccccc2)s1. The molecule has 0 bridgehead atoms. The Labute approximate surface area is 106 Å². The van der Waals surface area contributed by atoms with Gasteiger partial charge in [0.25, 0.3) is 0 Å². The molecule has 0 aliphatic rings. The molecule has 0 saturated heterocycles. The van der Waals surface area contributed by atoms with Crippen LogP contribution in [0.1, 0.15) is 0 Å². The molecule has 0 aliphatic heterocycles. The van der Waals surface area contributed by atoms with Crippen LogP contribution in [0, 0.1) is 5.38 Å². The molecule has 13 heavy (non-hydrogen) atoms. The van der Waals surface area contributed by atoms with Gasteiger partial charge in [0.15, 0.2) is 0 Å². The van der Waals surface area contributed by atoms with Gasteiger partial charge in [-0.1, -0.05) is 35.9 Å². The van der Waals surface area contributed by atoms with Crippen LogP contribution in [0.4, 0.5) is 0 Å². The van der Waals surface area contributed by atoms with E-state index in [9.17, 15) is 0 Å². The Hall–Kier alpha value is 0.0234. The van der Waals surface area contributed by atoms with Crippen molar-refractivity contribution in [2.24, 2.45) is 0 Å². The maximum Gasteiger partial charge on any atom is 2.00 e. The van der Waals surface area contributed by atoms with Crippen molar-refractivity contribution >= 4 is 11.3 Å². The summed E-state index contributed by atoms with van der Waals surface area (Å²) < 4.78 is 0. The number of rotatable bonds is 1. The third-order valence-electron chi connectivity index (χ3n) is 1.53. The second-order valence-electron chi connectivity index (χ2n) is 2.28. The molecule has 62 valence electrons. The summed E-state index contributed by atoms with van der Waals surface area (Å²) in [6, 6.07) is 14.4. The molecular weight excluding hydrogens is 297 g/mol. The topological polar surface area (TPSA) is 0 Å². The van der Waals surface area contributed by atoms with E-state index in [2.05, 4.69) is 35.7 Å². The fourth-order valence-corrected chi connectivity index (χ4v) is 1.65. The van der Waals surface area contributed by atoms with Crippen molar-refractivity contribution in [1.82, 2.24) is 0 Å². The van der Waals surface area contributed by atoms with Crippen molar-refractivity contribution in [3.8, 4) is 10.4 Å². The van der Waals surface area contributed by atoms with E-state index in [1.54, 1.807) is 11.3 Å². The fraction of sp³-hybridized carbons (Fsp3) is 0. The van der Waals surface area contributed by atoms with E-state index in [-0.39, 0.29) is 36.5 Å². The van der Waals surface area contributed by atoms with Crippen molar-refractivity contribution in [3.63, 3.8) is 0 Å². The van der Waals surface area contributed by atoms with E-state index in [0.717, 1.165) is 0 Å². The van der Waals surface area contributed by atoms with Crippen molar-refractivity contribution in [2.45, 2.75) is 0 Å². The average molecular weight is 305 g/mol. The van der Waals surface area contributed by atoms with Crippen LogP contribution in [0.5, 0.6) is 0 Å². The van der Waals surface area contributed by atoms with Crippen LogP contribution < -0.4 is 17.0 Å². The van der Waals surface area contributed by atoms with Gasteiger partial charge in [-0.3, -0.25) is 11.3 Å². The average Bonchev–Trinajstić information content (AvgIpc) is 2.58. The summed E-state index contributed by atoms with van der Waals surface area (Å²) in [6.45, 7) is 0. The number of halogens is 1. The minimum atomic E-state index is 0. The number of hydrogen-bond donors (Lipinski definition) is 0. The Morgan fingerprint density at radius 2 is 1.69 bits per heavy atom. The van der Waals surface area contributed by atoms with Crippen LogP contribution in [0.2, 0.25) is 0 Å². The van der Waals surface area contributed by atoms with E-state index >= 15 is 0 Å². The van der Waals surface area contributed by atoms with E-state index in [1.807, 2.05) is 12.1 Å². The number of hydrogen-bond acceptors (Lipinski definition) is 1. The summed E-state index contributed by atoms with van der Waals surface area (Å²) in [7, 11) is 0. The van der Waals surface area contributed by atoms with Gasteiger partial charge in [-0.15, -0.1) is 10.3 Å². The van der Waals surface area contributed by atoms with Gasteiger partial charge in [0.2, 0.25) is 0 Å². The summed E-state index contributed by atoms with van der Waals surface area (Å²) >= 11 is 1.65. The molecule has 0 unspecified atom stereocenters. The van der Waals surface area contributed by atoms with E-state index in [1.165, 1.54) is 10.4 Å². The van der Waals surface area contributed by atoms with Gasteiger partial charge in [-0.25, -0.2) is 0 Å². The molecule has 1 aromatic carbocycles. The predicted octanol–water partition coefficient (Wildman–Crippen LogP) is 0.217. The zero-order valence-electron chi connectivity index (χ0n) is 7.03. The maximum atomic E-state index is 3.07. The van der Waals surface area contributed by atoms with E-state index in [4.69, 9.17) is 0 Å². The van der Waals surface area contributed by atoms with Crippen molar-refractivity contribution in [2.75, 3.05) is 0 Å². The third kappa shape index (κ3) is 3.34. The van der Waals surface area contributed by atoms with Crippen LogP contribution in [-0.2, 0) is 19.5 Å². The second kappa shape index (κ2) is 6.47. The molecule has 2 aromatic rings. The maximum absolute atomic E-state index is 3.07. The second-order valence-corrected chi connectivity index (χ2v) is 3.16. The zero-order valence-corrected chi connectivity index (χ0v) is 12.4. The van der Waals surface area contributed by atoms with Crippen LogP contribution in [0.15, 0.2) is 42.5 Å². The Bertz CT molecular complexity index is 318. The van der Waals surface area contributed by atoms with Crippen LogP contribution in [0.3, 0.4) is 0 Å². The van der Waals surface area contributed by atoms with Crippen molar-refractivity contribution < 1.29 is 36.5 Å².